The van der Waals surface area contributed by atoms with Gasteiger partial charge in [-0.15, -0.1) is 5.10 Å². The number of halogens is 1. The van der Waals surface area contributed by atoms with Gasteiger partial charge < -0.3 is 18.9 Å². The van der Waals surface area contributed by atoms with Crippen molar-refractivity contribution in [3.05, 3.63) is 83.4 Å². The van der Waals surface area contributed by atoms with Gasteiger partial charge in [-0.25, -0.2) is 13.2 Å². The van der Waals surface area contributed by atoms with Gasteiger partial charge in [0, 0.05) is 12.5 Å². The van der Waals surface area contributed by atoms with Gasteiger partial charge in [0.1, 0.15) is 27.4 Å². The van der Waals surface area contributed by atoms with Crippen molar-refractivity contribution in [2.24, 2.45) is 8.25 Å². The first-order valence-electron chi connectivity index (χ1n) is 15.1. The third kappa shape index (κ3) is 7.16. The first kappa shape index (κ1) is 30.7. The van der Waals surface area contributed by atoms with Crippen molar-refractivity contribution in [2.45, 2.75) is 64.9 Å². The molecule has 6 rings (SSSR count). The molecule has 0 bridgehead atoms. The Morgan fingerprint density at radius 3 is 2.49 bits per heavy atom. The van der Waals surface area contributed by atoms with Gasteiger partial charge in [-0.3, -0.25) is 4.57 Å². The highest BCUT2D eigenvalue weighted by Gasteiger charge is 2.25. The van der Waals surface area contributed by atoms with Crippen molar-refractivity contribution in [1.29, 1.82) is 0 Å². The van der Waals surface area contributed by atoms with Crippen molar-refractivity contribution in [3.63, 3.8) is 0 Å². The number of aromatic nitrogens is 2. The van der Waals surface area contributed by atoms with Gasteiger partial charge in [0.25, 0.3) is 6.01 Å². The summed E-state index contributed by atoms with van der Waals surface area (Å²) in [5.41, 5.74) is 5.49. The van der Waals surface area contributed by atoms with Gasteiger partial charge >= 0.3 is 12.1 Å². The number of hydrazone groups is 1. The minimum absolute atomic E-state index is 0.159. The van der Waals surface area contributed by atoms with Crippen LogP contribution < -0.4 is 8.38 Å². The predicted octanol–water partition coefficient (Wildman–Crippen LogP) is 7.47. The molecule has 4 aromatic rings. The number of benzene rings is 3. The zero-order chi connectivity index (χ0) is 31.2. The minimum Gasteiger partial charge on any atom is -0.465 e. The van der Waals surface area contributed by atoms with Gasteiger partial charge in [-0.05, 0) is 61.4 Å². The number of ether oxygens (including phenoxy) is 4. The molecular formula is C33H34IN5O6. The molecule has 0 spiro atoms. The van der Waals surface area contributed by atoms with Crippen molar-refractivity contribution in [3.8, 4) is 17.1 Å². The van der Waals surface area contributed by atoms with Crippen molar-refractivity contribution < 1.29 is 28.5 Å². The Hall–Kier alpha value is -4.33. The molecule has 0 radical (unpaired) electrons. The highest BCUT2D eigenvalue weighted by molar-refractivity contribution is 14.1. The quantitative estimate of drug-likeness (QED) is 0.0774. The number of carbonyl (C=O) groups is 2. The topological polar surface area (TPSA) is 126 Å². The summed E-state index contributed by atoms with van der Waals surface area (Å²) in [6.45, 7) is 4.18. The Labute approximate surface area is 271 Å². The molecule has 1 atom stereocenters. The Morgan fingerprint density at radius 2 is 1.76 bits per heavy atom. The molecule has 0 amide bonds. The number of nitrogens with zero attached hydrogens (tertiary/aromatic N) is 4. The van der Waals surface area contributed by atoms with Gasteiger partial charge in [-0.1, -0.05) is 61.0 Å². The number of hydrogen-bond acceptors (Lipinski definition) is 10. The Morgan fingerprint density at radius 1 is 0.978 bits per heavy atom. The van der Waals surface area contributed by atoms with E-state index in [4.69, 9.17) is 18.9 Å². The van der Waals surface area contributed by atoms with E-state index in [0.717, 1.165) is 60.2 Å². The molecule has 2 aliphatic rings. The summed E-state index contributed by atoms with van der Waals surface area (Å²) >= 11 is -0.489. The predicted molar refractivity (Wildman–Crippen MR) is 177 cm³/mol. The first-order chi connectivity index (χ1) is 22.0. The molecule has 0 saturated heterocycles. The van der Waals surface area contributed by atoms with E-state index in [9.17, 15) is 9.59 Å². The zero-order valence-electron chi connectivity index (χ0n) is 25.1. The summed E-state index contributed by atoms with van der Waals surface area (Å²) in [4.78, 5) is 30.4. The smallest absolute Gasteiger partial charge is 0.465 e. The van der Waals surface area contributed by atoms with Gasteiger partial charge in [0.2, 0.25) is 6.29 Å². The maximum atomic E-state index is 13.4. The lowest BCUT2D eigenvalue weighted by Crippen LogP contribution is -2.26. The van der Waals surface area contributed by atoms with E-state index in [1.54, 1.807) is 12.1 Å². The number of rotatable bonds is 10. The highest BCUT2D eigenvalue weighted by Crippen LogP contribution is 2.30. The van der Waals surface area contributed by atoms with Gasteiger partial charge in [0.05, 0.1) is 29.7 Å². The monoisotopic (exact) mass is 723 g/mol. The van der Waals surface area contributed by atoms with Crippen LogP contribution in [0.3, 0.4) is 0 Å². The molecule has 2 heterocycles. The highest BCUT2D eigenvalue weighted by atomic mass is 127. The van der Waals surface area contributed by atoms with Crippen LogP contribution >= 0.6 is 21.3 Å². The third-order valence-electron chi connectivity index (χ3n) is 7.66. The van der Waals surface area contributed by atoms with Crippen molar-refractivity contribution >= 4 is 50.3 Å². The van der Waals surface area contributed by atoms with Crippen LogP contribution in [0.2, 0.25) is 0 Å². The van der Waals surface area contributed by atoms with E-state index >= 15 is 0 Å². The molecule has 1 N–H and O–H groups in total. The fourth-order valence-corrected chi connectivity index (χ4v) is 6.62. The summed E-state index contributed by atoms with van der Waals surface area (Å²) in [5, 5.41) is 4.35. The SMILES string of the molecule is CCOc1nc2cccc(C(=O)OC(C)OC(=O)OC3CCCCC3)c2n1Cc1ccc(-c2ccccc2C2=NNI=N2)cc1. The van der Waals surface area contributed by atoms with E-state index in [1.807, 2.05) is 47.9 Å². The first-order valence-corrected chi connectivity index (χ1v) is 17.1. The Kier molecular flexibility index (Phi) is 9.67. The summed E-state index contributed by atoms with van der Waals surface area (Å²) < 4.78 is 31.5. The summed E-state index contributed by atoms with van der Waals surface area (Å²) in [6.07, 6.45) is 2.69. The molecule has 1 aromatic heterocycles. The van der Waals surface area contributed by atoms with E-state index in [2.05, 4.69) is 35.1 Å². The molecular weight excluding hydrogens is 689 g/mol. The lowest BCUT2D eigenvalue weighted by molar-refractivity contribution is -0.0914. The number of imidazole rings is 1. The molecule has 12 heteroatoms. The molecule has 11 nitrogen and oxygen atoms in total. The fourth-order valence-electron chi connectivity index (χ4n) is 5.58. The number of nitrogens with one attached hydrogen (secondary N) is 1. The van der Waals surface area contributed by atoms with Gasteiger partial charge in [-0.2, -0.15) is 8.13 Å². The lowest BCUT2D eigenvalue weighted by Gasteiger charge is -2.22. The van der Waals surface area contributed by atoms with Crippen molar-refractivity contribution in [1.82, 2.24) is 13.2 Å². The largest absolute Gasteiger partial charge is 0.511 e. The van der Waals surface area contributed by atoms with E-state index in [1.165, 1.54) is 6.92 Å². The van der Waals surface area contributed by atoms with Crippen LogP contribution in [0.25, 0.3) is 22.2 Å². The summed E-state index contributed by atoms with van der Waals surface area (Å²) in [7, 11) is 0. The number of fused-ring (bicyclic) bond motifs is 1. The number of esters is 1. The molecule has 1 fully saturated rings. The van der Waals surface area contributed by atoms with Crippen LogP contribution in [0.15, 0.2) is 75.0 Å². The lowest BCUT2D eigenvalue weighted by atomic mass is 9.98. The average molecular weight is 724 g/mol. The maximum absolute atomic E-state index is 13.4. The maximum Gasteiger partial charge on any atom is 0.511 e. The normalized spacial score (nSPS) is 15.5. The average Bonchev–Trinajstić information content (AvgIpc) is 3.71. The number of hydrogen-bond donors (Lipinski definition) is 1. The molecule has 3 aromatic carbocycles. The molecule has 1 unspecified atom stereocenters. The summed E-state index contributed by atoms with van der Waals surface area (Å²) in [6, 6.07) is 21.9. The number of para-hydroxylation sites is 1. The van der Waals surface area contributed by atoms with E-state index in [-0.39, 0.29) is 11.7 Å². The minimum atomic E-state index is -1.14. The second-order valence-electron chi connectivity index (χ2n) is 10.7. The third-order valence-corrected chi connectivity index (χ3v) is 8.81. The Balaban J connectivity index is 1.22. The molecule has 1 aliphatic carbocycles. The number of amidine groups is 1. The van der Waals surface area contributed by atoms with Crippen LogP contribution in [0.5, 0.6) is 6.01 Å². The fraction of sp³-hybridized carbons (Fsp3) is 0.333. The standard InChI is InChI=1S/C33H34IN5O6/c1-3-42-32-35-28-15-9-14-27(31(40)43-21(2)44-33(41)45-24-10-5-4-6-11-24)29(28)39(32)20-22-16-18-23(19-17-22)25-12-7-8-13-26(25)30-36-34-38-37-30/h7-9,12-19,21,24H,3-6,10-11,20H2,1-2H3,(H,36,37,38). The molecule has 1 saturated carbocycles. The van der Waals surface area contributed by atoms with E-state index in [0.29, 0.717) is 30.2 Å². The van der Waals surface area contributed by atoms with Gasteiger partial charge in [0.15, 0.2) is 5.84 Å². The Bertz CT molecular complexity index is 1750. The van der Waals surface area contributed by atoms with E-state index < -0.39 is 39.7 Å². The van der Waals surface area contributed by atoms with Crippen LogP contribution in [-0.2, 0) is 20.8 Å². The summed E-state index contributed by atoms with van der Waals surface area (Å²) in [5.74, 6) is 0.0841. The zero-order valence-corrected chi connectivity index (χ0v) is 27.2. The number of carbonyl (C=O) groups excluding carboxylic acids is 2. The van der Waals surface area contributed by atoms with Crippen LogP contribution in [0.1, 0.15) is 67.4 Å². The van der Waals surface area contributed by atoms with Crippen LogP contribution in [0, 0.1) is 0 Å². The van der Waals surface area contributed by atoms with Crippen molar-refractivity contribution in [2.75, 3.05) is 6.61 Å². The van der Waals surface area contributed by atoms with Crippen LogP contribution in [0.4, 0.5) is 4.79 Å². The second kappa shape index (κ2) is 14.2. The molecule has 45 heavy (non-hydrogen) atoms. The molecule has 1 aliphatic heterocycles. The second-order valence-corrected chi connectivity index (χ2v) is 12.2. The molecule has 234 valence electrons. The van der Waals surface area contributed by atoms with Crippen LogP contribution in [-0.4, -0.2) is 46.5 Å².